The van der Waals surface area contributed by atoms with Crippen LogP contribution in [0.15, 0.2) is 54.6 Å². The van der Waals surface area contributed by atoms with E-state index in [1.165, 1.54) is 5.56 Å². The molecule has 0 radical (unpaired) electrons. The van der Waals surface area contributed by atoms with Crippen LogP contribution in [0.4, 0.5) is 5.69 Å². The van der Waals surface area contributed by atoms with Gasteiger partial charge in [-0.15, -0.1) is 0 Å². The summed E-state index contributed by atoms with van der Waals surface area (Å²) in [5.74, 6) is 0.687. The minimum atomic E-state index is 0.611. The molecule has 98 valence electrons. The second-order valence-electron chi connectivity index (χ2n) is 4.04. The predicted octanol–water partition coefficient (Wildman–Crippen LogP) is 4.47. The summed E-state index contributed by atoms with van der Waals surface area (Å²) in [5.41, 5.74) is 2.17. The highest BCUT2D eigenvalue weighted by Gasteiger charge is 2.00. The van der Waals surface area contributed by atoms with Crippen molar-refractivity contribution in [1.29, 1.82) is 0 Å². The molecule has 0 saturated carbocycles. The zero-order valence-electron chi connectivity index (χ0n) is 10.8. The number of rotatable bonds is 5. The summed E-state index contributed by atoms with van der Waals surface area (Å²) in [6.07, 6.45) is 4.16. The monoisotopic (exact) mass is 273 g/mol. The number of methoxy groups -OCH3 is 1. The van der Waals surface area contributed by atoms with Crippen LogP contribution in [0.3, 0.4) is 0 Å². The lowest BCUT2D eigenvalue weighted by Crippen LogP contribution is -1.98. The van der Waals surface area contributed by atoms with Gasteiger partial charge in [-0.3, -0.25) is 0 Å². The van der Waals surface area contributed by atoms with Gasteiger partial charge in [-0.25, -0.2) is 0 Å². The van der Waals surface area contributed by atoms with Crippen molar-refractivity contribution in [3.63, 3.8) is 0 Å². The first-order valence-corrected chi connectivity index (χ1v) is 6.46. The Morgan fingerprint density at radius 1 is 1.16 bits per heavy atom. The average Bonchev–Trinajstić information content (AvgIpc) is 2.45. The Bertz CT molecular complexity index is 552. The smallest absolute Gasteiger partial charge is 0.137 e. The van der Waals surface area contributed by atoms with Crippen LogP contribution in [0.2, 0.25) is 5.02 Å². The fraction of sp³-hybridized carbons (Fsp3) is 0.125. The number of halogens is 1. The van der Waals surface area contributed by atoms with Crippen molar-refractivity contribution >= 4 is 23.4 Å². The van der Waals surface area contributed by atoms with Gasteiger partial charge in [0.25, 0.3) is 0 Å². The largest absolute Gasteiger partial charge is 0.495 e. The van der Waals surface area contributed by atoms with Crippen LogP contribution >= 0.6 is 11.6 Å². The molecule has 0 atom stereocenters. The van der Waals surface area contributed by atoms with Crippen LogP contribution in [0.5, 0.6) is 5.75 Å². The van der Waals surface area contributed by atoms with Gasteiger partial charge in [0, 0.05) is 12.2 Å². The number of nitrogens with one attached hydrogen (secondary N) is 1. The number of hydrogen-bond donors (Lipinski definition) is 1. The zero-order valence-corrected chi connectivity index (χ0v) is 11.5. The molecule has 2 aromatic carbocycles. The maximum absolute atomic E-state index is 6.06. The van der Waals surface area contributed by atoms with Gasteiger partial charge >= 0.3 is 0 Å². The summed E-state index contributed by atoms with van der Waals surface area (Å²) in [6, 6.07) is 15.9. The number of benzene rings is 2. The molecule has 2 aromatic rings. The van der Waals surface area contributed by atoms with Gasteiger partial charge in [-0.1, -0.05) is 54.1 Å². The summed E-state index contributed by atoms with van der Waals surface area (Å²) in [6.45, 7) is 0.748. The van der Waals surface area contributed by atoms with Crippen molar-refractivity contribution in [1.82, 2.24) is 0 Å². The molecule has 0 aliphatic rings. The maximum Gasteiger partial charge on any atom is 0.137 e. The first-order chi connectivity index (χ1) is 9.29. The summed E-state index contributed by atoms with van der Waals surface area (Å²) >= 11 is 6.06. The highest BCUT2D eigenvalue weighted by Crippen LogP contribution is 2.26. The van der Waals surface area contributed by atoms with Gasteiger partial charge in [0.05, 0.1) is 12.1 Å². The highest BCUT2D eigenvalue weighted by atomic mass is 35.5. The van der Waals surface area contributed by atoms with E-state index in [4.69, 9.17) is 16.3 Å². The Balaban J connectivity index is 1.89. The average molecular weight is 274 g/mol. The topological polar surface area (TPSA) is 21.3 Å². The van der Waals surface area contributed by atoms with Crippen molar-refractivity contribution in [2.75, 3.05) is 19.0 Å². The summed E-state index contributed by atoms with van der Waals surface area (Å²) in [4.78, 5) is 0. The molecule has 3 heteroatoms. The van der Waals surface area contributed by atoms with Gasteiger partial charge < -0.3 is 10.1 Å². The Labute approximate surface area is 118 Å². The molecule has 0 heterocycles. The van der Waals surface area contributed by atoms with Gasteiger partial charge in [0.15, 0.2) is 0 Å². The quantitative estimate of drug-likeness (QED) is 0.868. The summed E-state index contributed by atoms with van der Waals surface area (Å²) < 4.78 is 5.11. The molecule has 0 bridgehead atoms. The Morgan fingerprint density at radius 3 is 2.63 bits per heavy atom. The highest BCUT2D eigenvalue weighted by molar-refractivity contribution is 6.32. The molecule has 0 fully saturated rings. The van der Waals surface area contributed by atoms with Crippen molar-refractivity contribution < 1.29 is 4.74 Å². The molecule has 0 saturated heterocycles. The fourth-order valence-electron chi connectivity index (χ4n) is 1.71. The fourth-order valence-corrected chi connectivity index (χ4v) is 1.97. The van der Waals surface area contributed by atoms with E-state index in [1.807, 2.05) is 36.4 Å². The normalized spacial score (nSPS) is 10.6. The van der Waals surface area contributed by atoms with Gasteiger partial charge in [0.1, 0.15) is 5.75 Å². The molecule has 2 rings (SSSR count). The van der Waals surface area contributed by atoms with Gasteiger partial charge in [-0.2, -0.15) is 0 Å². The molecule has 0 spiro atoms. The Kier molecular flexibility index (Phi) is 4.87. The van der Waals surface area contributed by atoms with Gasteiger partial charge in [-0.05, 0) is 23.8 Å². The van der Waals surface area contributed by atoms with E-state index in [0.29, 0.717) is 10.8 Å². The maximum atomic E-state index is 6.06. The molecule has 0 aliphatic heterocycles. The zero-order chi connectivity index (χ0) is 13.5. The number of ether oxygens (including phenoxy) is 1. The van der Waals surface area contributed by atoms with Crippen LogP contribution in [-0.4, -0.2) is 13.7 Å². The van der Waals surface area contributed by atoms with E-state index >= 15 is 0 Å². The number of hydrogen-bond acceptors (Lipinski definition) is 2. The SMILES string of the molecule is COc1ccc(NCC=Cc2ccccc2)cc1Cl. The standard InChI is InChI=1S/C16H16ClNO/c1-19-16-10-9-14(12-15(16)17)18-11-5-8-13-6-3-2-4-7-13/h2-10,12,18H,11H2,1H3. The van der Waals surface area contributed by atoms with E-state index in [2.05, 4.69) is 29.6 Å². The Hall–Kier alpha value is -1.93. The van der Waals surface area contributed by atoms with Crippen LogP contribution < -0.4 is 10.1 Å². The second-order valence-corrected chi connectivity index (χ2v) is 4.45. The van der Waals surface area contributed by atoms with E-state index in [1.54, 1.807) is 7.11 Å². The summed E-state index contributed by atoms with van der Waals surface area (Å²) in [5, 5.41) is 3.89. The number of anilines is 1. The van der Waals surface area contributed by atoms with Crippen molar-refractivity contribution in [3.8, 4) is 5.75 Å². The third-order valence-corrected chi connectivity index (χ3v) is 2.98. The van der Waals surface area contributed by atoms with Crippen molar-refractivity contribution in [2.45, 2.75) is 0 Å². The minimum absolute atomic E-state index is 0.611. The molecule has 0 aliphatic carbocycles. The molecule has 2 nitrogen and oxygen atoms in total. The van der Waals surface area contributed by atoms with E-state index in [0.717, 1.165) is 12.2 Å². The lowest BCUT2D eigenvalue weighted by Gasteiger charge is -2.07. The second kappa shape index (κ2) is 6.86. The van der Waals surface area contributed by atoms with Crippen molar-refractivity contribution in [3.05, 3.63) is 65.2 Å². The lowest BCUT2D eigenvalue weighted by molar-refractivity contribution is 0.415. The molecule has 0 aromatic heterocycles. The molecule has 0 amide bonds. The van der Waals surface area contributed by atoms with Crippen LogP contribution in [0, 0.1) is 0 Å². The van der Waals surface area contributed by atoms with E-state index in [-0.39, 0.29) is 0 Å². The first-order valence-electron chi connectivity index (χ1n) is 6.08. The molecular weight excluding hydrogens is 258 g/mol. The Morgan fingerprint density at radius 2 is 1.95 bits per heavy atom. The molecule has 19 heavy (non-hydrogen) atoms. The van der Waals surface area contributed by atoms with Crippen LogP contribution in [-0.2, 0) is 0 Å². The van der Waals surface area contributed by atoms with Gasteiger partial charge in [0.2, 0.25) is 0 Å². The molecular formula is C16H16ClNO. The van der Waals surface area contributed by atoms with Crippen LogP contribution in [0.25, 0.3) is 6.08 Å². The third kappa shape index (κ3) is 4.04. The summed E-state index contributed by atoms with van der Waals surface area (Å²) in [7, 11) is 1.61. The lowest BCUT2D eigenvalue weighted by atomic mass is 10.2. The van der Waals surface area contributed by atoms with Crippen LogP contribution in [0.1, 0.15) is 5.56 Å². The van der Waals surface area contributed by atoms with E-state index in [9.17, 15) is 0 Å². The predicted molar refractivity (Wildman–Crippen MR) is 82.0 cm³/mol. The van der Waals surface area contributed by atoms with Crippen molar-refractivity contribution in [2.24, 2.45) is 0 Å². The molecule has 0 unspecified atom stereocenters. The molecule has 1 N–H and O–H groups in total. The third-order valence-electron chi connectivity index (χ3n) is 2.69. The minimum Gasteiger partial charge on any atom is -0.495 e. The first kappa shape index (κ1) is 13.5. The van der Waals surface area contributed by atoms with E-state index < -0.39 is 0 Å².